The van der Waals surface area contributed by atoms with Crippen LogP contribution in [0.25, 0.3) is 0 Å². The minimum absolute atomic E-state index is 0. The number of rotatable bonds is 4. The third-order valence-electron chi connectivity index (χ3n) is 5.34. The summed E-state index contributed by atoms with van der Waals surface area (Å²) in [4.78, 5) is 15.9. The molecular weight excluding hydrogens is 397 g/mol. The number of amides is 1. The molecule has 1 unspecified atom stereocenters. The van der Waals surface area contributed by atoms with Crippen molar-refractivity contribution in [2.75, 3.05) is 33.2 Å². The lowest BCUT2D eigenvalue weighted by Crippen LogP contribution is -2.60. The van der Waals surface area contributed by atoms with Gasteiger partial charge in [0.1, 0.15) is 11.9 Å². The van der Waals surface area contributed by atoms with Crippen molar-refractivity contribution in [2.45, 2.75) is 44.3 Å². The standard InChI is InChI=1S/C19H25F3N2O3.ClH/c1-14-17(25)23(2)13-18(26-14)8-11-24(12-9-18)10-7-15-5-3-4-6-16(15)27-19(20,21)22;/h3-6,14H,7-13H2,1-2H3;1H. The summed E-state index contributed by atoms with van der Waals surface area (Å²) in [5.41, 5.74) is 0.235. The molecule has 28 heavy (non-hydrogen) atoms. The van der Waals surface area contributed by atoms with Gasteiger partial charge in [0.2, 0.25) is 0 Å². The van der Waals surface area contributed by atoms with Gasteiger partial charge in [-0.15, -0.1) is 25.6 Å². The predicted octanol–water partition coefficient (Wildman–Crippen LogP) is 3.26. The molecule has 0 bridgehead atoms. The van der Waals surface area contributed by atoms with E-state index in [9.17, 15) is 18.0 Å². The number of nitrogens with zero attached hydrogens (tertiary/aromatic N) is 2. The average Bonchev–Trinajstić information content (AvgIpc) is 2.59. The molecule has 0 aromatic heterocycles. The minimum atomic E-state index is -4.69. The maximum atomic E-state index is 12.5. The zero-order valence-corrected chi connectivity index (χ0v) is 16.8. The van der Waals surface area contributed by atoms with Gasteiger partial charge in [-0.05, 0) is 37.8 Å². The summed E-state index contributed by atoms with van der Waals surface area (Å²) in [5, 5.41) is 0. The number of morpholine rings is 1. The third kappa shape index (κ3) is 5.52. The van der Waals surface area contributed by atoms with E-state index in [1.54, 1.807) is 31.0 Å². The van der Waals surface area contributed by atoms with Crippen LogP contribution in [0.2, 0.25) is 0 Å². The fourth-order valence-electron chi connectivity index (χ4n) is 3.96. The fraction of sp³-hybridized carbons (Fsp3) is 0.632. The first-order chi connectivity index (χ1) is 12.7. The van der Waals surface area contributed by atoms with Crippen molar-refractivity contribution >= 4 is 18.3 Å². The second kappa shape index (κ2) is 8.88. The number of ether oxygens (including phenoxy) is 2. The highest BCUT2D eigenvalue weighted by Gasteiger charge is 2.44. The van der Waals surface area contributed by atoms with Gasteiger partial charge in [-0.3, -0.25) is 4.79 Å². The second-order valence-corrected chi connectivity index (χ2v) is 7.38. The molecule has 1 aromatic carbocycles. The summed E-state index contributed by atoms with van der Waals surface area (Å²) < 4.78 is 47.7. The lowest BCUT2D eigenvalue weighted by atomic mass is 9.88. The summed E-state index contributed by atoms with van der Waals surface area (Å²) >= 11 is 0. The molecule has 1 aromatic rings. The number of benzene rings is 1. The summed E-state index contributed by atoms with van der Waals surface area (Å²) in [6.07, 6.45) is -3.03. The largest absolute Gasteiger partial charge is 0.573 e. The number of likely N-dealkylation sites (N-methyl/N-ethyl adjacent to an activating group) is 1. The number of hydrogen-bond acceptors (Lipinski definition) is 4. The monoisotopic (exact) mass is 422 g/mol. The molecule has 0 aliphatic carbocycles. The second-order valence-electron chi connectivity index (χ2n) is 7.38. The highest BCUT2D eigenvalue weighted by Crippen LogP contribution is 2.33. The molecule has 2 heterocycles. The number of likely N-dealkylation sites (tertiary alicyclic amines) is 1. The van der Waals surface area contributed by atoms with Crippen LogP contribution < -0.4 is 4.74 Å². The number of piperidine rings is 1. The van der Waals surface area contributed by atoms with Crippen LogP contribution in [0.1, 0.15) is 25.3 Å². The molecule has 158 valence electrons. The Labute approximate surface area is 169 Å². The molecule has 2 saturated heterocycles. The molecule has 9 heteroatoms. The van der Waals surface area contributed by atoms with Crippen LogP contribution in [-0.4, -0.2) is 67.0 Å². The van der Waals surface area contributed by atoms with Crippen molar-refractivity contribution < 1.29 is 27.4 Å². The predicted molar refractivity (Wildman–Crippen MR) is 101 cm³/mol. The molecule has 0 N–H and O–H groups in total. The summed E-state index contributed by atoms with van der Waals surface area (Å²) in [7, 11) is 1.80. The van der Waals surface area contributed by atoms with Gasteiger partial charge in [-0.1, -0.05) is 18.2 Å². The maximum Gasteiger partial charge on any atom is 0.573 e. The minimum Gasteiger partial charge on any atom is -0.406 e. The normalized spacial score (nSPS) is 22.8. The molecular formula is C19H26ClF3N2O3. The van der Waals surface area contributed by atoms with E-state index in [4.69, 9.17) is 4.74 Å². The first-order valence-corrected chi connectivity index (χ1v) is 9.16. The number of halogens is 4. The van der Waals surface area contributed by atoms with Gasteiger partial charge in [0.25, 0.3) is 5.91 Å². The Morgan fingerprint density at radius 1 is 1.25 bits per heavy atom. The SMILES string of the molecule is CC1OC2(CCN(CCc3ccccc3OC(F)(F)F)CC2)CN(C)C1=O.Cl. The lowest BCUT2D eigenvalue weighted by molar-refractivity contribution is -0.274. The summed E-state index contributed by atoms with van der Waals surface area (Å²) in [6, 6.07) is 6.26. The Kier molecular flexibility index (Phi) is 7.22. The highest BCUT2D eigenvalue weighted by atomic mass is 35.5. The number of carbonyl (C=O) groups excluding carboxylic acids is 1. The van der Waals surface area contributed by atoms with Gasteiger partial charge in [-0.2, -0.15) is 0 Å². The van der Waals surface area contributed by atoms with E-state index in [0.717, 1.165) is 25.9 Å². The van der Waals surface area contributed by atoms with Gasteiger partial charge in [0, 0.05) is 33.2 Å². The molecule has 1 spiro atoms. The van der Waals surface area contributed by atoms with Crippen LogP contribution in [0.5, 0.6) is 5.75 Å². The van der Waals surface area contributed by atoms with Crippen LogP contribution in [0.4, 0.5) is 13.2 Å². The van der Waals surface area contributed by atoms with Crippen LogP contribution in [-0.2, 0) is 16.0 Å². The molecule has 2 aliphatic rings. The van der Waals surface area contributed by atoms with Crippen LogP contribution in [0.3, 0.4) is 0 Å². The molecule has 1 amide bonds. The van der Waals surface area contributed by atoms with E-state index in [-0.39, 0.29) is 29.7 Å². The Bertz CT molecular complexity index is 663. The van der Waals surface area contributed by atoms with Crippen molar-refractivity contribution in [1.29, 1.82) is 0 Å². The van der Waals surface area contributed by atoms with Gasteiger partial charge in [0.15, 0.2) is 0 Å². The van der Waals surface area contributed by atoms with Crippen LogP contribution >= 0.6 is 12.4 Å². The first kappa shape index (κ1) is 22.8. The van der Waals surface area contributed by atoms with Crippen molar-refractivity contribution in [1.82, 2.24) is 9.80 Å². The molecule has 5 nitrogen and oxygen atoms in total. The van der Waals surface area contributed by atoms with E-state index >= 15 is 0 Å². The maximum absolute atomic E-state index is 12.5. The molecule has 1 atom stereocenters. The van der Waals surface area contributed by atoms with Crippen LogP contribution in [0, 0.1) is 0 Å². The Balaban J connectivity index is 0.00000280. The van der Waals surface area contributed by atoms with Gasteiger partial charge < -0.3 is 19.3 Å². The number of hydrogen-bond donors (Lipinski definition) is 0. The van der Waals surface area contributed by atoms with Crippen molar-refractivity contribution in [3.05, 3.63) is 29.8 Å². The highest BCUT2D eigenvalue weighted by molar-refractivity contribution is 5.85. The van der Waals surface area contributed by atoms with Crippen molar-refractivity contribution in [2.24, 2.45) is 0 Å². The number of para-hydroxylation sites is 1. The number of carbonyl (C=O) groups is 1. The quantitative estimate of drug-likeness (QED) is 0.747. The van der Waals surface area contributed by atoms with Gasteiger partial charge in [-0.25, -0.2) is 0 Å². The first-order valence-electron chi connectivity index (χ1n) is 9.16. The molecule has 2 aliphatic heterocycles. The summed E-state index contributed by atoms with van der Waals surface area (Å²) in [5.74, 6) is -0.132. The zero-order chi connectivity index (χ0) is 19.7. The molecule has 0 saturated carbocycles. The Morgan fingerprint density at radius 3 is 2.50 bits per heavy atom. The molecule has 0 radical (unpaired) electrons. The van der Waals surface area contributed by atoms with Crippen LogP contribution in [0.15, 0.2) is 24.3 Å². The van der Waals surface area contributed by atoms with Gasteiger partial charge >= 0.3 is 6.36 Å². The Morgan fingerprint density at radius 2 is 1.89 bits per heavy atom. The van der Waals surface area contributed by atoms with E-state index in [1.807, 2.05) is 0 Å². The van der Waals surface area contributed by atoms with E-state index in [0.29, 0.717) is 25.1 Å². The van der Waals surface area contributed by atoms with E-state index in [1.165, 1.54) is 12.1 Å². The lowest BCUT2D eigenvalue weighted by Gasteiger charge is -2.48. The van der Waals surface area contributed by atoms with E-state index < -0.39 is 12.5 Å². The summed E-state index contributed by atoms with van der Waals surface area (Å²) in [6.45, 7) is 4.60. The fourth-order valence-corrected chi connectivity index (χ4v) is 3.96. The topological polar surface area (TPSA) is 42.0 Å². The third-order valence-corrected chi connectivity index (χ3v) is 5.34. The average molecular weight is 423 g/mol. The van der Waals surface area contributed by atoms with Crippen molar-refractivity contribution in [3.63, 3.8) is 0 Å². The zero-order valence-electron chi connectivity index (χ0n) is 16.0. The molecule has 3 rings (SSSR count). The Hall–Kier alpha value is -1.51. The van der Waals surface area contributed by atoms with E-state index in [2.05, 4.69) is 9.64 Å². The van der Waals surface area contributed by atoms with Crippen molar-refractivity contribution in [3.8, 4) is 5.75 Å². The smallest absolute Gasteiger partial charge is 0.406 e. The van der Waals surface area contributed by atoms with Gasteiger partial charge in [0.05, 0.1) is 5.60 Å². The molecule has 2 fully saturated rings. The number of alkyl halides is 3.